The first kappa shape index (κ1) is 11.3. The van der Waals surface area contributed by atoms with Crippen molar-refractivity contribution in [2.24, 2.45) is 0 Å². The molecule has 0 spiro atoms. The molecule has 0 amide bonds. The van der Waals surface area contributed by atoms with Gasteiger partial charge < -0.3 is 4.74 Å². The van der Waals surface area contributed by atoms with Gasteiger partial charge >= 0.3 is 0 Å². The van der Waals surface area contributed by atoms with Crippen LogP contribution in [0.1, 0.15) is 23.7 Å². The standard InChI is InChI=1S/C14H13NO2/c1-2-14(16)11-5-7-12(8-6-11)17-13-4-3-9-15-10-13/h3-10H,2H2,1H3. The molecule has 0 N–H and O–H groups in total. The summed E-state index contributed by atoms with van der Waals surface area (Å²) in [5.74, 6) is 1.52. The monoisotopic (exact) mass is 227 g/mol. The topological polar surface area (TPSA) is 39.2 Å². The van der Waals surface area contributed by atoms with Crippen LogP contribution in [0.15, 0.2) is 48.8 Å². The minimum atomic E-state index is 0.137. The number of pyridine rings is 1. The van der Waals surface area contributed by atoms with Crippen molar-refractivity contribution < 1.29 is 9.53 Å². The molecular formula is C14H13NO2. The predicted octanol–water partition coefficient (Wildman–Crippen LogP) is 3.47. The largest absolute Gasteiger partial charge is 0.456 e. The molecule has 3 nitrogen and oxygen atoms in total. The van der Waals surface area contributed by atoms with Gasteiger partial charge in [-0.1, -0.05) is 6.92 Å². The van der Waals surface area contributed by atoms with Crippen molar-refractivity contribution in [1.29, 1.82) is 0 Å². The Morgan fingerprint density at radius 3 is 2.53 bits per heavy atom. The molecule has 0 aliphatic heterocycles. The van der Waals surface area contributed by atoms with E-state index in [4.69, 9.17) is 4.74 Å². The zero-order chi connectivity index (χ0) is 12.1. The molecule has 86 valence electrons. The number of rotatable bonds is 4. The van der Waals surface area contributed by atoms with Gasteiger partial charge in [0.25, 0.3) is 0 Å². The van der Waals surface area contributed by atoms with Crippen LogP contribution in [0.3, 0.4) is 0 Å². The van der Waals surface area contributed by atoms with Crippen molar-refractivity contribution in [3.05, 3.63) is 54.4 Å². The van der Waals surface area contributed by atoms with Gasteiger partial charge in [0.15, 0.2) is 5.78 Å². The molecule has 2 rings (SSSR count). The fourth-order valence-electron chi connectivity index (χ4n) is 1.46. The minimum absolute atomic E-state index is 0.137. The number of hydrogen-bond acceptors (Lipinski definition) is 3. The van der Waals surface area contributed by atoms with Crippen molar-refractivity contribution in [2.45, 2.75) is 13.3 Å². The quantitative estimate of drug-likeness (QED) is 0.751. The number of nitrogens with zero attached hydrogens (tertiary/aromatic N) is 1. The van der Waals surface area contributed by atoms with Gasteiger partial charge in [0.2, 0.25) is 0 Å². The van der Waals surface area contributed by atoms with Crippen molar-refractivity contribution in [2.75, 3.05) is 0 Å². The third-order valence-corrected chi connectivity index (χ3v) is 2.37. The SMILES string of the molecule is CCC(=O)c1ccc(Oc2cccnc2)cc1. The average molecular weight is 227 g/mol. The molecule has 0 radical (unpaired) electrons. The molecule has 1 aromatic carbocycles. The molecule has 0 saturated heterocycles. The summed E-state index contributed by atoms with van der Waals surface area (Å²) in [6.07, 6.45) is 3.85. The van der Waals surface area contributed by atoms with Crippen LogP contribution in [-0.2, 0) is 0 Å². The van der Waals surface area contributed by atoms with E-state index < -0.39 is 0 Å². The van der Waals surface area contributed by atoms with Crippen molar-refractivity contribution in [3.63, 3.8) is 0 Å². The molecule has 0 bridgehead atoms. The fourth-order valence-corrected chi connectivity index (χ4v) is 1.46. The number of aromatic nitrogens is 1. The van der Waals surface area contributed by atoms with Crippen LogP contribution in [0.2, 0.25) is 0 Å². The predicted molar refractivity (Wildman–Crippen MR) is 65.4 cm³/mol. The highest BCUT2D eigenvalue weighted by Gasteiger charge is 2.03. The number of benzene rings is 1. The lowest BCUT2D eigenvalue weighted by atomic mass is 10.1. The molecule has 1 aromatic heterocycles. The number of ether oxygens (including phenoxy) is 1. The molecule has 0 unspecified atom stereocenters. The van der Waals surface area contributed by atoms with Crippen LogP contribution in [0.25, 0.3) is 0 Å². The first-order valence-electron chi connectivity index (χ1n) is 5.50. The zero-order valence-electron chi connectivity index (χ0n) is 9.59. The van der Waals surface area contributed by atoms with Gasteiger partial charge in [-0.25, -0.2) is 0 Å². The number of carbonyl (C=O) groups is 1. The summed E-state index contributed by atoms with van der Waals surface area (Å²) in [7, 11) is 0. The van der Waals surface area contributed by atoms with Gasteiger partial charge in [-0.3, -0.25) is 9.78 Å². The van der Waals surface area contributed by atoms with E-state index in [9.17, 15) is 4.79 Å². The van der Waals surface area contributed by atoms with Gasteiger partial charge in [-0.15, -0.1) is 0 Å². The Kier molecular flexibility index (Phi) is 3.50. The lowest BCUT2D eigenvalue weighted by Crippen LogP contribution is -1.95. The Hall–Kier alpha value is -2.16. The minimum Gasteiger partial charge on any atom is -0.456 e. The molecule has 3 heteroatoms. The Bertz CT molecular complexity index is 491. The van der Waals surface area contributed by atoms with Gasteiger partial charge in [0.1, 0.15) is 11.5 Å². The van der Waals surface area contributed by atoms with Gasteiger partial charge in [0.05, 0.1) is 6.20 Å². The van der Waals surface area contributed by atoms with E-state index >= 15 is 0 Å². The smallest absolute Gasteiger partial charge is 0.162 e. The number of hydrogen-bond donors (Lipinski definition) is 0. The summed E-state index contributed by atoms with van der Waals surface area (Å²) in [6, 6.07) is 10.8. The van der Waals surface area contributed by atoms with Crippen LogP contribution >= 0.6 is 0 Å². The van der Waals surface area contributed by atoms with Crippen LogP contribution < -0.4 is 4.74 Å². The first-order valence-corrected chi connectivity index (χ1v) is 5.50. The van der Waals surface area contributed by atoms with E-state index in [1.165, 1.54) is 0 Å². The van der Waals surface area contributed by atoms with E-state index in [0.717, 1.165) is 0 Å². The Labute approximate surface area is 100 Å². The molecule has 17 heavy (non-hydrogen) atoms. The van der Waals surface area contributed by atoms with Crippen molar-refractivity contribution in [1.82, 2.24) is 4.98 Å². The molecule has 0 aliphatic rings. The molecule has 0 aliphatic carbocycles. The summed E-state index contributed by atoms with van der Waals surface area (Å²) >= 11 is 0. The normalized spacial score (nSPS) is 9.94. The summed E-state index contributed by atoms with van der Waals surface area (Å²) in [6.45, 7) is 1.85. The highest BCUT2D eigenvalue weighted by molar-refractivity contribution is 5.95. The van der Waals surface area contributed by atoms with Gasteiger partial charge in [0, 0.05) is 18.2 Å². The maximum atomic E-state index is 11.4. The van der Waals surface area contributed by atoms with Crippen LogP contribution in [-0.4, -0.2) is 10.8 Å². The van der Waals surface area contributed by atoms with E-state index in [0.29, 0.717) is 23.5 Å². The summed E-state index contributed by atoms with van der Waals surface area (Å²) in [5, 5.41) is 0. The van der Waals surface area contributed by atoms with E-state index in [2.05, 4.69) is 4.98 Å². The second kappa shape index (κ2) is 5.25. The second-order valence-corrected chi connectivity index (χ2v) is 3.59. The van der Waals surface area contributed by atoms with Crippen molar-refractivity contribution >= 4 is 5.78 Å². The lowest BCUT2D eigenvalue weighted by Gasteiger charge is -2.05. The zero-order valence-corrected chi connectivity index (χ0v) is 9.59. The third kappa shape index (κ3) is 2.91. The molecule has 1 heterocycles. The Morgan fingerprint density at radius 1 is 1.18 bits per heavy atom. The maximum Gasteiger partial charge on any atom is 0.162 e. The number of ketones is 1. The number of Topliss-reactive ketones (excluding diaryl/α,β-unsaturated/α-hetero) is 1. The molecular weight excluding hydrogens is 214 g/mol. The highest BCUT2D eigenvalue weighted by atomic mass is 16.5. The Balaban J connectivity index is 2.11. The fraction of sp³-hybridized carbons (Fsp3) is 0.143. The average Bonchev–Trinajstić information content (AvgIpc) is 2.40. The van der Waals surface area contributed by atoms with Crippen molar-refractivity contribution in [3.8, 4) is 11.5 Å². The van der Waals surface area contributed by atoms with E-state index in [1.807, 2.05) is 19.1 Å². The molecule has 2 aromatic rings. The van der Waals surface area contributed by atoms with E-state index in [1.54, 1.807) is 36.7 Å². The second-order valence-electron chi connectivity index (χ2n) is 3.59. The Morgan fingerprint density at radius 2 is 1.94 bits per heavy atom. The number of carbonyl (C=O) groups excluding carboxylic acids is 1. The molecule has 0 fully saturated rings. The van der Waals surface area contributed by atoms with Gasteiger partial charge in [-0.05, 0) is 36.4 Å². The maximum absolute atomic E-state index is 11.4. The summed E-state index contributed by atoms with van der Waals surface area (Å²) < 4.78 is 5.57. The van der Waals surface area contributed by atoms with Crippen LogP contribution in [0.5, 0.6) is 11.5 Å². The summed E-state index contributed by atoms with van der Waals surface area (Å²) in [4.78, 5) is 15.4. The lowest BCUT2D eigenvalue weighted by molar-refractivity contribution is 0.0988. The van der Waals surface area contributed by atoms with E-state index in [-0.39, 0.29) is 5.78 Å². The highest BCUT2D eigenvalue weighted by Crippen LogP contribution is 2.20. The van der Waals surface area contributed by atoms with Crippen LogP contribution in [0.4, 0.5) is 0 Å². The summed E-state index contributed by atoms with van der Waals surface area (Å²) in [5.41, 5.74) is 0.714. The third-order valence-electron chi connectivity index (χ3n) is 2.37. The molecule has 0 atom stereocenters. The van der Waals surface area contributed by atoms with Crippen LogP contribution in [0, 0.1) is 0 Å². The first-order chi connectivity index (χ1) is 8.29. The van der Waals surface area contributed by atoms with Gasteiger partial charge in [-0.2, -0.15) is 0 Å². The molecule has 0 saturated carbocycles.